The zero-order valence-electron chi connectivity index (χ0n) is 12.0. The van der Waals surface area contributed by atoms with E-state index in [2.05, 4.69) is 0 Å². The highest BCUT2D eigenvalue weighted by molar-refractivity contribution is 6.30. The molecule has 0 aliphatic heterocycles. The lowest BCUT2D eigenvalue weighted by atomic mass is 10.0. The van der Waals surface area contributed by atoms with Crippen LogP contribution in [0.15, 0.2) is 24.3 Å². The molecular weight excluding hydrogens is 280 g/mol. The largest absolute Gasteiger partial charge is 0.480 e. The van der Waals surface area contributed by atoms with Crippen molar-refractivity contribution in [2.45, 2.75) is 19.0 Å². The topological polar surface area (TPSA) is 60.9 Å². The van der Waals surface area contributed by atoms with Gasteiger partial charge in [-0.3, -0.25) is 9.69 Å². The number of hydrogen-bond acceptors (Lipinski definition) is 3. The van der Waals surface area contributed by atoms with Gasteiger partial charge in [0.1, 0.15) is 12.1 Å². The van der Waals surface area contributed by atoms with Crippen LogP contribution < -0.4 is 0 Å². The first-order valence-corrected chi connectivity index (χ1v) is 6.55. The number of likely N-dealkylation sites (N-methyl/N-ethyl adjacent to an activating group) is 2. The number of carbonyl (C=O) groups excluding carboxylic acids is 1. The fourth-order valence-electron chi connectivity index (χ4n) is 1.89. The molecule has 0 heterocycles. The number of carbonyl (C=O) groups is 2. The van der Waals surface area contributed by atoms with Crippen molar-refractivity contribution >= 4 is 23.5 Å². The van der Waals surface area contributed by atoms with E-state index >= 15 is 0 Å². The molecule has 0 aliphatic carbocycles. The summed E-state index contributed by atoms with van der Waals surface area (Å²) in [6, 6.07) is 5.55. The van der Waals surface area contributed by atoms with Crippen LogP contribution in [0.5, 0.6) is 0 Å². The van der Waals surface area contributed by atoms with Crippen molar-refractivity contribution in [1.29, 1.82) is 0 Å². The molecular formula is C14H19ClN2O3. The summed E-state index contributed by atoms with van der Waals surface area (Å²) in [6.07, 6.45) is 0. The fourth-order valence-corrected chi connectivity index (χ4v) is 2.09. The number of carboxylic acids is 1. The molecule has 20 heavy (non-hydrogen) atoms. The Bertz CT molecular complexity index is 505. The van der Waals surface area contributed by atoms with Crippen molar-refractivity contribution in [2.75, 3.05) is 21.1 Å². The minimum absolute atomic E-state index is 0.285. The second-order valence-corrected chi connectivity index (χ2v) is 5.32. The van der Waals surface area contributed by atoms with E-state index in [1.54, 1.807) is 43.3 Å². The Balaban J connectivity index is 3.09. The second kappa shape index (κ2) is 6.72. The maximum Gasteiger partial charge on any atom is 0.326 e. The van der Waals surface area contributed by atoms with Crippen LogP contribution in [0.2, 0.25) is 5.02 Å². The van der Waals surface area contributed by atoms with E-state index in [1.807, 2.05) is 0 Å². The Hall–Kier alpha value is -1.59. The Kier molecular flexibility index (Phi) is 5.53. The van der Waals surface area contributed by atoms with Gasteiger partial charge in [-0.15, -0.1) is 0 Å². The van der Waals surface area contributed by atoms with Gasteiger partial charge >= 0.3 is 5.97 Å². The minimum Gasteiger partial charge on any atom is -0.480 e. The van der Waals surface area contributed by atoms with E-state index in [0.717, 1.165) is 5.56 Å². The molecule has 1 amide bonds. The van der Waals surface area contributed by atoms with Crippen LogP contribution >= 0.6 is 11.6 Å². The predicted octanol–water partition coefficient (Wildman–Crippen LogP) is 1.87. The van der Waals surface area contributed by atoms with Crippen LogP contribution in [-0.2, 0) is 9.59 Å². The molecule has 0 aliphatic rings. The van der Waals surface area contributed by atoms with Gasteiger partial charge in [0.15, 0.2) is 0 Å². The smallest absolute Gasteiger partial charge is 0.326 e. The Morgan fingerprint density at radius 1 is 1.25 bits per heavy atom. The third-order valence-electron chi connectivity index (χ3n) is 3.20. The lowest BCUT2D eigenvalue weighted by Gasteiger charge is -2.30. The first kappa shape index (κ1) is 16.5. The SMILES string of the molecule is CC(C(=O)O)N(C)C(=O)C(c1cccc(Cl)c1)N(C)C. The van der Waals surface area contributed by atoms with E-state index in [-0.39, 0.29) is 5.91 Å². The molecule has 0 radical (unpaired) electrons. The summed E-state index contributed by atoms with van der Waals surface area (Å²) in [6.45, 7) is 1.48. The third kappa shape index (κ3) is 3.71. The summed E-state index contributed by atoms with van der Waals surface area (Å²) in [4.78, 5) is 26.5. The predicted molar refractivity (Wildman–Crippen MR) is 77.7 cm³/mol. The molecule has 2 unspecified atom stereocenters. The zero-order chi connectivity index (χ0) is 15.4. The number of nitrogens with zero attached hydrogens (tertiary/aromatic N) is 2. The van der Waals surface area contributed by atoms with Crippen molar-refractivity contribution < 1.29 is 14.7 Å². The van der Waals surface area contributed by atoms with Crippen LogP contribution in [0, 0.1) is 0 Å². The highest BCUT2D eigenvalue weighted by Crippen LogP contribution is 2.24. The normalized spacial score (nSPS) is 13.9. The van der Waals surface area contributed by atoms with E-state index in [4.69, 9.17) is 16.7 Å². The highest BCUT2D eigenvalue weighted by Gasteiger charge is 2.30. The second-order valence-electron chi connectivity index (χ2n) is 4.88. The number of halogens is 1. The van der Waals surface area contributed by atoms with Crippen LogP contribution in [0.4, 0.5) is 0 Å². The standard InChI is InChI=1S/C14H19ClN2O3/c1-9(14(19)20)17(4)13(18)12(16(2)3)10-6-5-7-11(15)8-10/h5-9,12H,1-4H3,(H,19,20). The summed E-state index contributed by atoms with van der Waals surface area (Å²) in [7, 11) is 5.02. The van der Waals surface area contributed by atoms with Gasteiger partial charge in [0.2, 0.25) is 5.91 Å². The Labute approximate surface area is 123 Å². The van der Waals surface area contributed by atoms with Gasteiger partial charge in [-0.25, -0.2) is 4.79 Å². The first-order valence-electron chi connectivity index (χ1n) is 6.17. The lowest BCUT2D eigenvalue weighted by Crippen LogP contribution is -2.45. The van der Waals surface area contributed by atoms with E-state index in [9.17, 15) is 9.59 Å². The van der Waals surface area contributed by atoms with Crippen molar-refractivity contribution in [3.8, 4) is 0 Å². The molecule has 110 valence electrons. The molecule has 1 rings (SSSR count). The van der Waals surface area contributed by atoms with Gasteiger partial charge in [-0.05, 0) is 38.7 Å². The van der Waals surface area contributed by atoms with Crippen molar-refractivity contribution in [3.63, 3.8) is 0 Å². The Morgan fingerprint density at radius 3 is 2.30 bits per heavy atom. The molecule has 1 aromatic rings. The molecule has 0 spiro atoms. The van der Waals surface area contributed by atoms with Crippen LogP contribution in [0.25, 0.3) is 0 Å². The number of amides is 1. The van der Waals surface area contributed by atoms with Gasteiger partial charge in [-0.2, -0.15) is 0 Å². The van der Waals surface area contributed by atoms with Crippen LogP contribution in [0.1, 0.15) is 18.5 Å². The molecule has 5 nitrogen and oxygen atoms in total. The average Bonchev–Trinajstić information content (AvgIpc) is 2.36. The van der Waals surface area contributed by atoms with Crippen molar-refractivity contribution in [1.82, 2.24) is 9.80 Å². The summed E-state index contributed by atoms with van der Waals surface area (Å²) < 4.78 is 0. The molecule has 0 aromatic heterocycles. The first-order chi connectivity index (χ1) is 9.25. The number of carboxylic acid groups (broad SMARTS) is 1. The monoisotopic (exact) mass is 298 g/mol. The van der Waals surface area contributed by atoms with E-state index in [0.29, 0.717) is 5.02 Å². The summed E-state index contributed by atoms with van der Waals surface area (Å²) in [5, 5.41) is 9.55. The molecule has 2 atom stereocenters. The zero-order valence-corrected chi connectivity index (χ0v) is 12.8. The minimum atomic E-state index is -1.04. The van der Waals surface area contributed by atoms with E-state index < -0.39 is 18.1 Å². The van der Waals surface area contributed by atoms with Crippen molar-refractivity contribution in [2.24, 2.45) is 0 Å². The number of aliphatic carboxylic acids is 1. The number of rotatable bonds is 5. The molecule has 6 heteroatoms. The summed E-state index contributed by atoms with van der Waals surface area (Å²) >= 11 is 5.95. The fraction of sp³-hybridized carbons (Fsp3) is 0.429. The molecule has 0 saturated carbocycles. The molecule has 0 fully saturated rings. The van der Waals surface area contributed by atoms with Gasteiger partial charge in [-0.1, -0.05) is 23.7 Å². The highest BCUT2D eigenvalue weighted by atomic mass is 35.5. The van der Waals surface area contributed by atoms with Gasteiger partial charge in [0.05, 0.1) is 0 Å². The summed E-state index contributed by atoms with van der Waals surface area (Å²) in [5.41, 5.74) is 0.733. The molecule has 1 N–H and O–H groups in total. The van der Waals surface area contributed by atoms with Crippen LogP contribution in [-0.4, -0.2) is 54.0 Å². The molecule has 0 saturated heterocycles. The quantitative estimate of drug-likeness (QED) is 0.901. The van der Waals surface area contributed by atoms with Gasteiger partial charge < -0.3 is 10.0 Å². The third-order valence-corrected chi connectivity index (χ3v) is 3.44. The average molecular weight is 299 g/mol. The number of hydrogen-bond donors (Lipinski definition) is 1. The van der Waals surface area contributed by atoms with Gasteiger partial charge in [0.25, 0.3) is 0 Å². The Morgan fingerprint density at radius 2 is 1.85 bits per heavy atom. The maximum absolute atomic E-state index is 12.5. The molecule has 1 aromatic carbocycles. The maximum atomic E-state index is 12.5. The summed E-state index contributed by atoms with van der Waals surface area (Å²) in [5.74, 6) is -1.32. The van der Waals surface area contributed by atoms with Crippen molar-refractivity contribution in [3.05, 3.63) is 34.9 Å². The number of benzene rings is 1. The van der Waals surface area contributed by atoms with Gasteiger partial charge in [0, 0.05) is 12.1 Å². The molecule has 0 bridgehead atoms. The van der Waals surface area contributed by atoms with Crippen LogP contribution in [0.3, 0.4) is 0 Å². The lowest BCUT2D eigenvalue weighted by molar-refractivity contribution is -0.150. The van der Waals surface area contributed by atoms with E-state index in [1.165, 1.54) is 18.9 Å².